The van der Waals surface area contributed by atoms with Crippen molar-refractivity contribution >= 4 is 21.6 Å². The maximum absolute atomic E-state index is 13.7. The number of nitrogens with zero attached hydrogens (tertiary/aromatic N) is 1. The molecular weight excluding hydrogens is 546 g/mol. The Morgan fingerprint density at radius 1 is 1.02 bits per heavy atom. The Kier molecular flexibility index (Phi) is 9.98. The smallest absolute Gasteiger partial charge is 0.266 e. The highest BCUT2D eigenvalue weighted by Gasteiger charge is 2.50. The van der Waals surface area contributed by atoms with Gasteiger partial charge in [-0.05, 0) is 67.4 Å². The van der Waals surface area contributed by atoms with E-state index in [0.717, 1.165) is 11.3 Å². The molecule has 2 atom stereocenters. The second-order valence-corrected chi connectivity index (χ2v) is 11.7. The molecule has 11 heteroatoms. The van der Waals surface area contributed by atoms with E-state index in [1.54, 1.807) is 56.5 Å². The monoisotopic (exact) mass is 581 g/mol. The van der Waals surface area contributed by atoms with Crippen LogP contribution in [0.4, 0.5) is 0 Å². The van der Waals surface area contributed by atoms with Gasteiger partial charge in [0, 0.05) is 25.1 Å². The quantitative estimate of drug-likeness (QED) is 0.195. The number of hydrogen-bond donors (Lipinski definition) is 3. The van der Waals surface area contributed by atoms with Crippen LogP contribution in [0.25, 0.3) is 0 Å². The molecule has 4 rings (SSSR count). The first-order valence-electron chi connectivity index (χ1n) is 13.3. The van der Waals surface area contributed by atoms with E-state index in [1.165, 1.54) is 12.1 Å². The molecule has 3 aromatic rings. The van der Waals surface area contributed by atoms with Crippen LogP contribution in [0, 0.1) is 0 Å². The Morgan fingerprint density at radius 2 is 1.71 bits per heavy atom. The minimum Gasteiger partial charge on any atom is -0.497 e. The van der Waals surface area contributed by atoms with Crippen molar-refractivity contribution in [2.45, 2.75) is 42.8 Å². The lowest BCUT2D eigenvalue weighted by Gasteiger charge is -2.28. The normalized spacial score (nSPS) is 18.3. The average Bonchev–Trinajstić information content (AvgIpc) is 3.34. The first-order valence-corrected chi connectivity index (χ1v) is 15.0. The van der Waals surface area contributed by atoms with Crippen LogP contribution in [0.3, 0.4) is 0 Å². The zero-order chi connectivity index (χ0) is 29.3. The number of aliphatic imine (C=N–C) groups is 1. The van der Waals surface area contributed by atoms with Crippen molar-refractivity contribution in [3.8, 4) is 11.5 Å². The Labute approximate surface area is 240 Å². The zero-order valence-corrected chi connectivity index (χ0v) is 23.9. The minimum atomic E-state index is -3.68. The predicted octanol–water partition coefficient (Wildman–Crippen LogP) is 3.05. The van der Waals surface area contributed by atoms with Gasteiger partial charge in [0.1, 0.15) is 17.6 Å². The van der Waals surface area contributed by atoms with Gasteiger partial charge in [0.15, 0.2) is 15.4 Å². The van der Waals surface area contributed by atoms with Crippen LogP contribution in [0.15, 0.2) is 88.8 Å². The number of carbonyl (C=O) groups excluding carboxylic acids is 1. The predicted molar refractivity (Wildman–Crippen MR) is 155 cm³/mol. The molecule has 1 heterocycles. The number of hydrazine groups is 1. The maximum Gasteiger partial charge on any atom is 0.266 e. The second-order valence-electron chi connectivity index (χ2n) is 9.59. The fourth-order valence-electron chi connectivity index (χ4n) is 4.37. The van der Waals surface area contributed by atoms with Crippen LogP contribution in [0.5, 0.6) is 11.5 Å². The number of aliphatic hydroxyl groups is 1. The number of aliphatic hydroxyl groups excluding tert-OH is 1. The number of methoxy groups -OCH3 is 1. The summed E-state index contributed by atoms with van der Waals surface area (Å²) in [6.07, 6.45) is -0.315. The fraction of sp³-hybridized carbons (Fsp3) is 0.333. The molecule has 3 aromatic carbocycles. The molecule has 0 saturated carbocycles. The average molecular weight is 582 g/mol. The molecule has 41 heavy (non-hydrogen) atoms. The van der Waals surface area contributed by atoms with Crippen LogP contribution in [0.1, 0.15) is 30.9 Å². The summed E-state index contributed by atoms with van der Waals surface area (Å²) in [5.74, 6) is 0.780. The van der Waals surface area contributed by atoms with Crippen LogP contribution in [-0.4, -0.2) is 63.0 Å². The molecular formula is C30H35N3O7S. The Hall–Kier alpha value is -3.93. The summed E-state index contributed by atoms with van der Waals surface area (Å²) in [4.78, 5) is 18.6. The number of amides is 1. The van der Waals surface area contributed by atoms with Gasteiger partial charge in [-0.15, -0.1) is 0 Å². The molecule has 0 bridgehead atoms. The molecule has 0 spiro atoms. The number of sulfone groups is 1. The summed E-state index contributed by atoms with van der Waals surface area (Å²) in [5.41, 5.74) is 5.68. The number of benzene rings is 3. The van der Waals surface area contributed by atoms with E-state index in [4.69, 9.17) is 24.3 Å². The highest BCUT2D eigenvalue weighted by atomic mass is 32.2. The van der Waals surface area contributed by atoms with Gasteiger partial charge in [0.05, 0.1) is 24.4 Å². The van der Waals surface area contributed by atoms with E-state index in [9.17, 15) is 13.2 Å². The Morgan fingerprint density at radius 3 is 2.37 bits per heavy atom. The fourth-order valence-corrected chi connectivity index (χ4v) is 5.75. The van der Waals surface area contributed by atoms with Gasteiger partial charge in [-0.2, -0.15) is 0 Å². The molecule has 0 aliphatic carbocycles. The third-order valence-corrected chi connectivity index (χ3v) is 8.57. The van der Waals surface area contributed by atoms with Crippen molar-refractivity contribution in [3.05, 3.63) is 90.0 Å². The SMILES string of the molecule is COc1ccc(CNNC(=O)[C@@]2(CCS(=O)(=O)c3ccccc3)N=C(c3ccc(OCCCO)cc3)O[C@H]2C)cc1. The van der Waals surface area contributed by atoms with Crippen molar-refractivity contribution in [2.24, 2.45) is 4.99 Å². The van der Waals surface area contributed by atoms with Gasteiger partial charge < -0.3 is 19.3 Å². The largest absolute Gasteiger partial charge is 0.497 e. The Balaban J connectivity index is 1.54. The van der Waals surface area contributed by atoms with Crippen LogP contribution in [-0.2, 0) is 25.9 Å². The summed E-state index contributed by atoms with van der Waals surface area (Å²) >= 11 is 0. The molecule has 10 nitrogen and oxygen atoms in total. The molecule has 1 aliphatic rings. The number of carbonyl (C=O) groups is 1. The highest BCUT2D eigenvalue weighted by Crippen LogP contribution is 2.33. The van der Waals surface area contributed by atoms with E-state index in [2.05, 4.69) is 10.9 Å². The van der Waals surface area contributed by atoms with Crippen molar-refractivity contribution in [2.75, 3.05) is 26.1 Å². The summed E-state index contributed by atoms with van der Waals surface area (Å²) in [6.45, 7) is 2.46. The van der Waals surface area contributed by atoms with Crippen LogP contribution < -0.4 is 20.3 Å². The van der Waals surface area contributed by atoms with E-state index >= 15 is 0 Å². The summed E-state index contributed by atoms with van der Waals surface area (Å²) in [7, 11) is -2.09. The Bertz CT molecular complexity index is 1430. The molecule has 0 saturated heterocycles. The highest BCUT2D eigenvalue weighted by molar-refractivity contribution is 7.91. The van der Waals surface area contributed by atoms with Gasteiger partial charge in [-0.25, -0.2) is 18.8 Å². The van der Waals surface area contributed by atoms with Crippen molar-refractivity contribution in [3.63, 3.8) is 0 Å². The number of rotatable bonds is 14. The number of ether oxygens (including phenoxy) is 3. The van der Waals surface area contributed by atoms with Crippen molar-refractivity contribution < 1.29 is 32.5 Å². The molecule has 0 fully saturated rings. The number of hydrogen-bond acceptors (Lipinski definition) is 9. The molecule has 0 unspecified atom stereocenters. The number of nitrogens with one attached hydrogen (secondary N) is 2. The zero-order valence-electron chi connectivity index (χ0n) is 23.1. The first kappa shape index (κ1) is 30.0. The summed E-state index contributed by atoms with van der Waals surface area (Å²) in [5, 5.41) is 8.95. The third-order valence-electron chi connectivity index (χ3n) is 6.84. The van der Waals surface area contributed by atoms with E-state index in [-0.39, 0.29) is 29.6 Å². The van der Waals surface area contributed by atoms with E-state index in [0.29, 0.717) is 30.9 Å². The van der Waals surface area contributed by atoms with Gasteiger partial charge in [-0.1, -0.05) is 30.3 Å². The molecule has 1 aliphatic heterocycles. The molecule has 3 N–H and O–H groups in total. The van der Waals surface area contributed by atoms with Gasteiger partial charge in [0.25, 0.3) is 5.91 Å². The second kappa shape index (κ2) is 13.6. The van der Waals surface area contributed by atoms with Crippen LogP contribution >= 0.6 is 0 Å². The summed E-state index contributed by atoms with van der Waals surface area (Å²) in [6, 6.07) is 22.5. The summed E-state index contributed by atoms with van der Waals surface area (Å²) < 4.78 is 43.1. The third kappa shape index (κ3) is 7.43. The minimum absolute atomic E-state index is 0.0414. The van der Waals surface area contributed by atoms with Crippen molar-refractivity contribution in [1.29, 1.82) is 0 Å². The van der Waals surface area contributed by atoms with Gasteiger partial charge in [0.2, 0.25) is 5.90 Å². The lowest BCUT2D eigenvalue weighted by Crippen LogP contribution is -2.55. The first-order chi connectivity index (χ1) is 19.8. The maximum atomic E-state index is 13.7. The van der Waals surface area contributed by atoms with Crippen LogP contribution in [0.2, 0.25) is 0 Å². The lowest BCUT2D eigenvalue weighted by atomic mass is 9.90. The molecule has 1 amide bonds. The lowest BCUT2D eigenvalue weighted by molar-refractivity contribution is -0.129. The van der Waals surface area contributed by atoms with E-state index in [1.807, 2.05) is 24.3 Å². The van der Waals surface area contributed by atoms with E-state index < -0.39 is 27.4 Å². The molecule has 0 aromatic heterocycles. The van der Waals surface area contributed by atoms with Gasteiger partial charge >= 0.3 is 0 Å². The molecule has 218 valence electrons. The van der Waals surface area contributed by atoms with Gasteiger partial charge in [-0.3, -0.25) is 10.2 Å². The topological polar surface area (TPSA) is 136 Å². The van der Waals surface area contributed by atoms with Crippen molar-refractivity contribution in [1.82, 2.24) is 10.9 Å². The standard InChI is InChI=1S/C30H35N3O7S/c1-22-30(17-20-41(36,37)27-7-4-3-5-8-27,29(35)33-31-21-23-9-13-25(38-2)14-10-23)32-28(40-22)24-11-15-26(16-12-24)39-19-6-18-34/h3-5,7-16,22,31,34H,6,17-21H2,1-2H3,(H,33,35)/t22-,30-/m0/s1. The molecule has 0 radical (unpaired) electrons.